The minimum Gasteiger partial charge on any atom is -0.305 e. The van der Waals surface area contributed by atoms with Crippen LogP contribution < -0.4 is 5.32 Å². The van der Waals surface area contributed by atoms with Crippen LogP contribution in [0.15, 0.2) is 11.6 Å². The predicted octanol–water partition coefficient (Wildman–Crippen LogP) is 3.76. The molecule has 3 heteroatoms. The molecule has 0 aromatic carbocycles. The zero-order chi connectivity index (χ0) is 11.1. The molecule has 0 fully saturated rings. The highest BCUT2D eigenvalue weighted by Gasteiger charge is 2.12. The lowest BCUT2D eigenvalue weighted by molar-refractivity contribution is 0.409. The van der Waals surface area contributed by atoms with Crippen LogP contribution in [0.5, 0.6) is 0 Å². The lowest BCUT2D eigenvalue weighted by Gasteiger charge is -2.20. The molecular formula is C12H22N2S. The summed E-state index contributed by atoms with van der Waals surface area (Å²) in [6.45, 7) is 6.70. The van der Waals surface area contributed by atoms with Gasteiger partial charge in [-0.05, 0) is 19.8 Å². The van der Waals surface area contributed by atoms with Crippen LogP contribution in [0.1, 0.15) is 57.5 Å². The van der Waals surface area contributed by atoms with Gasteiger partial charge in [-0.25, -0.2) is 4.98 Å². The van der Waals surface area contributed by atoms with Crippen molar-refractivity contribution >= 4 is 11.3 Å². The highest BCUT2D eigenvalue weighted by Crippen LogP contribution is 2.17. The molecule has 1 heterocycles. The third kappa shape index (κ3) is 4.31. The largest absolute Gasteiger partial charge is 0.305 e. The van der Waals surface area contributed by atoms with E-state index in [-0.39, 0.29) is 0 Å². The number of thiazole rings is 1. The highest BCUT2D eigenvalue weighted by atomic mass is 32.1. The van der Waals surface area contributed by atoms with E-state index in [0.717, 1.165) is 0 Å². The number of unbranched alkanes of at least 4 members (excludes halogenated alkanes) is 1. The van der Waals surface area contributed by atoms with E-state index in [9.17, 15) is 0 Å². The van der Waals surface area contributed by atoms with Crippen molar-refractivity contribution < 1.29 is 0 Å². The number of rotatable bonds is 7. The third-order valence-electron chi connectivity index (χ3n) is 2.71. The fraction of sp³-hybridized carbons (Fsp3) is 0.750. The average Bonchev–Trinajstić information content (AvgIpc) is 2.77. The van der Waals surface area contributed by atoms with Gasteiger partial charge < -0.3 is 5.32 Å². The molecular weight excluding hydrogens is 204 g/mol. The Labute approximate surface area is 97.1 Å². The van der Waals surface area contributed by atoms with E-state index >= 15 is 0 Å². The third-order valence-corrected chi connectivity index (χ3v) is 3.66. The molecule has 1 rings (SSSR count). The Morgan fingerprint density at radius 3 is 2.80 bits per heavy atom. The molecule has 15 heavy (non-hydrogen) atoms. The highest BCUT2D eigenvalue weighted by molar-refractivity contribution is 7.09. The van der Waals surface area contributed by atoms with Crippen LogP contribution in [-0.4, -0.2) is 11.0 Å². The van der Waals surface area contributed by atoms with E-state index in [2.05, 4.69) is 31.1 Å². The van der Waals surface area contributed by atoms with Crippen molar-refractivity contribution in [2.75, 3.05) is 0 Å². The molecule has 2 atom stereocenters. The smallest absolute Gasteiger partial charge is 0.109 e. The first-order valence-corrected chi connectivity index (χ1v) is 6.81. The van der Waals surface area contributed by atoms with Crippen LogP contribution in [-0.2, 0) is 0 Å². The number of nitrogens with one attached hydrogen (secondary N) is 1. The Hall–Kier alpha value is -0.410. The maximum atomic E-state index is 4.34. The minimum atomic E-state index is 0.395. The lowest BCUT2D eigenvalue weighted by atomic mass is 10.1. The zero-order valence-electron chi connectivity index (χ0n) is 9.99. The summed E-state index contributed by atoms with van der Waals surface area (Å²) < 4.78 is 0. The van der Waals surface area contributed by atoms with Crippen molar-refractivity contribution in [3.8, 4) is 0 Å². The van der Waals surface area contributed by atoms with Crippen molar-refractivity contribution in [2.45, 2.75) is 58.5 Å². The summed E-state index contributed by atoms with van der Waals surface area (Å²) >= 11 is 1.73. The lowest BCUT2D eigenvalue weighted by Crippen LogP contribution is -2.30. The predicted molar refractivity (Wildman–Crippen MR) is 67.3 cm³/mol. The standard InChI is InChI=1S/C12H22N2S/c1-4-6-7-11(5-2)14-10(3)12-13-8-9-15-12/h8-11,14H,4-7H2,1-3H3. The zero-order valence-corrected chi connectivity index (χ0v) is 10.8. The van der Waals surface area contributed by atoms with Gasteiger partial charge in [0.1, 0.15) is 5.01 Å². The molecule has 0 amide bonds. The molecule has 1 N–H and O–H groups in total. The van der Waals surface area contributed by atoms with Gasteiger partial charge in [0.15, 0.2) is 0 Å². The second-order valence-corrected chi connectivity index (χ2v) is 4.93. The monoisotopic (exact) mass is 226 g/mol. The summed E-state index contributed by atoms with van der Waals surface area (Å²) in [6.07, 6.45) is 6.96. The molecule has 2 nitrogen and oxygen atoms in total. The van der Waals surface area contributed by atoms with Crippen LogP contribution in [0.3, 0.4) is 0 Å². The normalized spacial score (nSPS) is 15.1. The Kier molecular flexibility index (Phi) is 5.88. The summed E-state index contributed by atoms with van der Waals surface area (Å²) in [5.41, 5.74) is 0. The fourth-order valence-electron chi connectivity index (χ4n) is 1.73. The Morgan fingerprint density at radius 1 is 1.47 bits per heavy atom. The second kappa shape index (κ2) is 6.96. The quantitative estimate of drug-likeness (QED) is 0.765. The first-order chi connectivity index (χ1) is 7.27. The van der Waals surface area contributed by atoms with Gasteiger partial charge in [0.25, 0.3) is 0 Å². The van der Waals surface area contributed by atoms with E-state index < -0.39 is 0 Å². The molecule has 0 aliphatic heterocycles. The summed E-state index contributed by atoms with van der Waals surface area (Å²) in [5, 5.41) is 6.89. The molecule has 0 bridgehead atoms. The molecule has 0 saturated carbocycles. The molecule has 0 spiro atoms. The number of hydrogen-bond donors (Lipinski definition) is 1. The van der Waals surface area contributed by atoms with Crippen molar-refractivity contribution in [3.05, 3.63) is 16.6 Å². The SMILES string of the molecule is CCCCC(CC)NC(C)c1nccs1. The van der Waals surface area contributed by atoms with Crippen LogP contribution >= 0.6 is 11.3 Å². The van der Waals surface area contributed by atoms with Gasteiger partial charge >= 0.3 is 0 Å². The summed E-state index contributed by atoms with van der Waals surface area (Å²) in [7, 11) is 0. The average molecular weight is 226 g/mol. The summed E-state index contributed by atoms with van der Waals surface area (Å²) in [4.78, 5) is 4.34. The number of aromatic nitrogens is 1. The van der Waals surface area contributed by atoms with Crippen molar-refractivity contribution in [3.63, 3.8) is 0 Å². The van der Waals surface area contributed by atoms with Gasteiger partial charge in [-0.1, -0.05) is 26.7 Å². The summed E-state index contributed by atoms with van der Waals surface area (Å²) in [5.74, 6) is 0. The maximum absolute atomic E-state index is 4.34. The molecule has 2 unspecified atom stereocenters. The van der Waals surface area contributed by atoms with E-state index in [1.54, 1.807) is 11.3 Å². The van der Waals surface area contributed by atoms with Gasteiger partial charge in [0.05, 0.1) is 6.04 Å². The van der Waals surface area contributed by atoms with Gasteiger partial charge in [-0.15, -0.1) is 11.3 Å². The molecule has 0 radical (unpaired) electrons. The molecule has 0 aliphatic carbocycles. The van der Waals surface area contributed by atoms with Crippen molar-refractivity contribution in [2.24, 2.45) is 0 Å². The molecule has 1 aromatic rings. The molecule has 86 valence electrons. The van der Waals surface area contributed by atoms with E-state index in [0.29, 0.717) is 12.1 Å². The van der Waals surface area contributed by atoms with Crippen LogP contribution in [0, 0.1) is 0 Å². The van der Waals surface area contributed by atoms with Gasteiger partial charge in [0, 0.05) is 17.6 Å². The Balaban J connectivity index is 2.37. The minimum absolute atomic E-state index is 0.395. The Morgan fingerprint density at radius 2 is 2.27 bits per heavy atom. The van der Waals surface area contributed by atoms with Crippen LogP contribution in [0.4, 0.5) is 0 Å². The van der Waals surface area contributed by atoms with Crippen molar-refractivity contribution in [1.82, 2.24) is 10.3 Å². The van der Waals surface area contributed by atoms with Gasteiger partial charge in [-0.3, -0.25) is 0 Å². The summed E-state index contributed by atoms with van der Waals surface area (Å²) in [6, 6.07) is 1.04. The Bertz CT molecular complexity index is 246. The number of hydrogen-bond acceptors (Lipinski definition) is 3. The molecule has 1 aromatic heterocycles. The van der Waals surface area contributed by atoms with E-state index in [1.165, 1.54) is 30.7 Å². The van der Waals surface area contributed by atoms with Gasteiger partial charge in [0.2, 0.25) is 0 Å². The van der Waals surface area contributed by atoms with E-state index in [4.69, 9.17) is 0 Å². The van der Waals surface area contributed by atoms with Crippen LogP contribution in [0.2, 0.25) is 0 Å². The topological polar surface area (TPSA) is 24.9 Å². The van der Waals surface area contributed by atoms with Crippen molar-refractivity contribution in [1.29, 1.82) is 0 Å². The fourth-order valence-corrected chi connectivity index (χ4v) is 2.38. The number of nitrogens with zero attached hydrogens (tertiary/aromatic N) is 1. The first-order valence-electron chi connectivity index (χ1n) is 5.93. The second-order valence-electron chi connectivity index (χ2n) is 4.01. The maximum Gasteiger partial charge on any atom is 0.109 e. The molecule has 0 saturated heterocycles. The molecule has 0 aliphatic rings. The van der Waals surface area contributed by atoms with Gasteiger partial charge in [-0.2, -0.15) is 0 Å². The first kappa shape index (κ1) is 12.7. The van der Waals surface area contributed by atoms with Crippen LogP contribution in [0.25, 0.3) is 0 Å². The van der Waals surface area contributed by atoms with E-state index in [1.807, 2.05) is 11.6 Å².